The van der Waals surface area contributed by atoms with Crippen LogP contribution >= 0.6 is 0 Å². The number of hydrogen-bond acceptors (Lipinski definition) is 6. The SMILES string of the molecule is CC/C=C\C/C=C\C/C=C\C/C=C\C/C=C\C/C=C\CCC(=O)OC[C@H](COC(=O)CCCCCCCCCCCCCCCCCCC)OC(=O)CCCCCCC/C=C\CCCCCC. The number of allylic oxidation sites excluding steroid dienone is 14. The van der Waals surface area contributed by atoms with E-state index in [1.165, 1.54) is 128 Å². The summed E-state index contributed by atoms with van der Waals surface area (Å²) in [5.74, 6) is -0.992. The lowest BCUT2D eigenvalue weighted by molar-refractivity contribution is -0.166. The Kier molecular flexibility index (Phi) is 52.4. The van der Waals surface area contributed by atoms with E-state index in [0.717, 1.165) is 89.9 Å². The Morgan fingerprint density at radius 2 is 0.612 bits per heavy atom. The van der Waals surface area contributed by atoms with E-state index < -0.39 is 6.10 Å². The lowest BCUT2D eigenvalue weighted by atomic mass is 10.0. The topological polar surface area (TPSA) is 78.9 Å². The minimum Gasteiger partial charge on any atom is -0.462 e. The Balaban J connectivity index is 4.47. The monoisotopic (exact) mass is 933 g/mol. The average Bonchev–Trinajstić information content (AvgIpc) is 3.33. The second-order valence-corrected chi connectivity index (χ2v) is 18.5. The van der Waals surface area contributed by atoms with Gasteiger partial charge in [0.25, 0.3) is 0 Å². The third-order valence-corrected chi connectivity index (χ3v) is 11.9. The van der Waals surface area contributed by atoms with Crippen LogP contribution in [-0.2, 0) is 28.6 Å². The number of unbranched alkanes of at least 4 members (excludes halogenated alkanes) is 25. The highest BCUT2D eigenvalue weighted by atomic mass is 16.6. The van der Waals surface area contributed by atoms with Crippen LogP contribution in [0.3, 0.4) is 0 Å². The largest absolute Gasteiger partial charge is 0.462 e. The van der Waals surface area contributed by atoms with Gasteiger partial charge in [-0.1, -0.05) is 247 Å². The summed E-state index contributed by atoms with van der Waals surface area (Å²) in [6.45, 7) is 6.45. The standard InChI is InChI=1S/C61H104O6/c1-4-7-10-13-16-19-22-25-27-29-30-32-34-37-39-42-45-48-51-54-60(63)66-57-58(67-61(64)55-52-49-46-43-40-35-24-21-18-15-12-9-6-3)56-65-59(62)53-50-47-44-41-38-36-33-31-28-26-23-20-17-14-11-8-5-2/h7,10,16,19,21,24-25,27,30,32,37,39,45,48,58H,4-6,8-9,11-15,17-18,20,22-23,26,28-29,31,33-36,38,40-44,46-47,49-57H2,1-3H3/b10-7-,19-16-,24-21-,27-25-,32-30-,39-37-,48-45-/t58-/m0/s1. The quantitative estimate of drug-likeness (QED) is 0.0262. The lowest BCUT2D eigenvalue weighted by Crippen LogP contribution is -2.30. The van der Waals surface area contributed by atoms with Crippen LogP contribution in [0.1, 0.15) is 265 Å². The molecule has 0 radical (unpaired) electrons. The van der Waals surface area contributed by atoms with Crippen molar-refractivity contribution < 1.29 is 28.6 Å². The maximum absolute atomic E-state index is 12.8. The Hall–Kier alpha value is -3.41. The lowest BCUT2D eigenvalue weighted by Gasteiger charge is -2.18. The molecule has 0 aromatic heterocycles. The van der Waals surface area contributed by atoms with E-state index in [1.807, 2.05) is 6.08 Å². The molecular formula is C61H104O6. The number of carbonyl (C=O) groups excluding carboxylic acids is 3. The smallest absolute Gasteiger partial charge is 0.306 e. The summed E-state index contributed by atoms with van der Waals surface area (Å²) in [5.41, 5.74) is 0. The van der Waals surface area contributed by atoms with E-state index in [4.69, 9.17) is 14.2 Å². The second-order valence-electron chi connectivity index (χ2n) is 18.5. The molecule has 0 aliphatic carbocycles. The van der Waals surface area contributed by atoms with Gasteiger partial charge in [0.2, 0.25) is 0 Å². The molecule has 0 spiro atoms. The first-order valence-electron chi connectivity index (χ1n) is 28.1. The number of hydrogen-bond donors (Lipinski definition) is 0. The molecule has 0 saturated heterocycles. The van der Waals surface area contributed by atoms with Crippen LogP contribution in [-0.4, -0.2) is 37.2 Å². The van der Waals surface area contributed by atoms with Crippen molar-refractivity contribution in [3.05, 3.63) is 85.1 Å². The van der Waals surface area contributed by atoms with Gasteiger partial charge in [-0.15, -0.1) is 0 Å². The minimum atomic E-state index is -0.810. The van der Waals surface area contributed by atoms with Crippen LogP contribution in [0.15, 0.2) is 85.1 Å². The Morgan fingerprint density at radius 1 is 0.313 bits per heavy atom. The van der Waals surface area contributed by atoms with E-state index in [-0.39, 0.29) is 37.5 Å². The van der Waals surface area contributed by atoms with Gasteiger partial charge in [-0.3, -0.25) is 14.4 Å². The first-order valence-corrected chi connectivity index (χ1v) is 28.1. The molecule has 0 fully saturated rings. The molecule has 1 atom stereocenters. The van der Waals surface area contributed by atoms with Crippen molar-refractivity contribution in [2.75, 3.05) is 13.2 Å². The fourth-order valence-corrected chi connectivity index (χ4v) is 7.70. The molecule has 67 heavy (non-hydrogen) atoms. The summed E-state index contributed by atoms with van der Waals surface area (Å²) in [5, 5.41) is 0. The summed E-state index contributed by atoms with van der Waals surface area (Å²) in [6.07, 6.45) is 71.5. The summed E-state index contributed by atoms with van der Waals surface area (Å²) in [6, 6.07) is 0. The molecular weight excluding hydrogens is 829 g/mol. The molecule has 0 bridgehead atoms. The van der Waals surface area contributed by atoms with Crippen LogP contribution in [0.25, 0.3) is 0 Å². The zero-order chi connectivity index (χ0) is 48.6. The zero-order valence-electron chi connectivity index (χ0n) is 43.9. The first kappa shape index (κ1) is 63.6. The maximum atomic E-state index is 12.8. The minimum absolute atomic E-state index is 0.101. The van der Waals surface area contributed by atoms with E-state index >= 15 is 0 Å². The Labute approximate surface area is 414 Å². The predicted octanol–water partition coefficient (Wildman–Crippen LogP) is 18.8. The van der Waals surface area contributed by atoms with Crippen LogP contribution in [0, 0.1) is 0 Å². The van der Waals surface area contributed by atoms with Gasteiger partial charge in [-0.05, 0) is 83.5 Å². The number of rotatable bonds is 50. The van der Waals surface area contributed by atoms with Crippen LogP contribution in [0.5, 0.6) is 0 Å². The summed E-state index contributed by atoms with van der Waals surface area (Å²) in [4.78, 5) is 38.1. The van der Waals surface area contributed by atoms with Crippen molar-refractivity contribution in [2.45, 2.75) is 271 Å². The highest BCUT2D eigenvalue weighted by Crippen LogP contribution is 2.15. The number of esters is 3. The first-order chi connectivity index (χ1) is 33.0. The van der Waals surface area contributed by atoms with Crippen LogP contribution < -0.4 is 0 Å². The van der Waals surface area contributed by atoms with E-state index in [9.17, 15) is 14.4 Å². The third kappa shape index (κ3) is 53.4. The van der Waals surface area contributed by atoms with Gasteiger partial charge in [-0.2, -0.15) is 0 Å². The molecule has 0 rings (SSSR count). The molecule has 0 unspecified atom stereocenters. The Morgan fingerprint density at radius 3 is 1.01 bits per heavy atom. The van der Waals surface area contributed by atoms with E-state index in [2.05, 4.69) is 99.8 Å². The normalized spacial score (nSPS) is 12.7. The molecule has 0 N–H and O–H groups in total. The Bertz CT molecular complexity index is 1300. The third-order valence-electron chi connectivity index (χ3n) is 11.9. The molecule has 0 saturated carbocycles. The summed E-state index contributed by atoms with van der Waals surface area (Å²) >= 11 is 0. The summed E-state index contributed by atoms with van der Waals surface area (Å²) < 4.78 is 16.8. The van der Waals surface area contributed by atoms with Crippen molar-refractivity contribution >= 4 is 17.9 Å². The van der Waals surface area contributed by atoms with Gasteiger partial charge in [0.05, 0.1) is 0 Å². The molecule has 6 heteroatoms. The maximum Gasteiger partial charge on any atom is 0.306 e. The number of ether oxygens (including phenoxy) is 3. The van der Waals surface area contributed by atoms with Crippen LogP contribution in [0.4, 0.5) is 0 Å². The second kappa shape index (κ2) is 55.2. The molecule has 0 aromatic rings. The van der Waals surface area contributed by atoms with Gasteiger partial charge < -0.3 is 14.2 Å². The van der Waals surface area contributed by atoms with Gasteiger partial charge in [0.1, 0.15) is 13.2 Å². The highest BCUT2D eigenvalue weighted by Gasteiger charge is 2.19. The van der Waals surface area contributed by atoms with Gasteiger partial charge in [0, 0.05) is 19.3 Å². The summed E-state index contributed by atoms with van der Waals surface area (Å²) in [7, 11) is 0. The van der Waals surface area contributed by atoms with Gasteiger partial charge in [-0.25, -0.2) is 0 Å². The van der Waals surface area contributed by atoms with Crippen molar-refractivity contribution in [2.24, 2.45) is 0 Å². The molecule has 0 heterocycles. The number of carbonyl (C=O) groups is 3. The van der Waals surface area contributed by atoms with Crippen LogP contribution in [0.2, 0.25) is 0 Å². The van der Waals surface area contributed by atoms with E-state index in [0.29, 0.717) is 19.3 Å². The van der Waals surface area contributed by atoms with Gasteiger partial charge in [0.15, 0.2) is 6.10 Å². The van der Waals surface area contributed by atoms with Gasteiger partial charge >= 0.3 is 17.9 Å². The molecule has 0 aromatic carbocycles. The molecule has 384 valence electrons. The average molecular weight is 933 g/mol. The molecule has 0 aliphatic heterocycles. The predicted molar refractivity (Wildman–Crippen MR) is 288 cm³/mol. The van der Waals surface area contributed by atoms with Crippen molar-refractivity contribution in [1.82, 2.24) is 0 Å². The van der Waals surface area contributed by atoms with Crippen molar-refractivity contribution in [1.29, 1.82) is 0 Å². The van der Waals surface area contributed by atoms with Crippen molar-refractivity contribution in [3.8, 4) is 0 Å². The zero-order valence-corrected chi connectivity index (χ0v) is 43.9. The fraction of sp³-hybridized carbons (Fsp3) is 0.721. The highest BCUT2D eigenvalue weighted by molar-refractivity contribution is 5.71. The van der Waals surface area contributed by atoms with E-state index in [1.54, 1.807) is 0 Å². The fourth-order valence-electron chi connectivity index (χ4n) is 7.70. The molecule has 0 aliphatic rings. The van der Waals surface area contributed by atoms with Crippen molar-refractivity contribution in [3.63, 3.8) is 0 Å². The molecule has 6 nitrogen and oxygen atoms in total. The molecule has 0 amide bonds.